The monoisotopic (exact) mass is 384 g/mol. The lowest BCUT2D eigenvalue weighted by atomic mass is 10.3. The number of nitro groups is 1. The lowest BCUT2D eigenvalue weighted by Crippen LogP contribution is -2.36. The number of hydrogen-bond acceptors (Lipinski definition) is 5. The van der Waals surface area contributed by atoms with Crippen molar-refractivity contribution in [2.45, 2.75) is 4.90 Å². The summed E-state index contributed by atoms with van der Waals surface area (Å²) in [5.41, 5.74) is -1.08. The highest BCUT2D eigenvalue weighted by Gasteiger charge is 2.36. The first kappa shape index (κ1) is 18.6. The first-order valence-electron chi connectivity index (χ1n) is 6.60. The quantitative estimate of drug-likeness (QED) is 0.447. The van der Waals surface area contributed by atoms with Gasteiger partial charge < -0.3 is 0 Å². The van der Waals surface area contributed by atoms with Crippen molar-refractivity contribution in [3.05, 3.63) is 76.1 Å². The van der Waals surface area contributed by atoms with Crippen molar-refractivity contribution in [1.29, 1.82) is 0 Å². The van der Waals surface area contributed by atoms with E-state index in [0.717, 1.165) is 30.3 Å². The van der Waals surface area contributed by atoms with Gasteiger partial charge in [0.2, 0.25) is 0 Å². The van der Waals surface area contributed by atoms with Gasteiger partial charge in [0.05, 0.1) is 15.6 Å². The van der Waals surface area contributed by atoms with Crippen molar-refractivity contribution in [3.63, 3.8) is 0 Å². The van der Waals surface area contributed by atoms with Crippen molar-refractivity contribution < 1.29 is 22.5 Å². The zero-order chi connectivity index (χ0) is 18.8. The van der Waals surface area contributed by atoms with Gasteiger partial charge in [0.1, 0.15) is 5.82 Å². The number of rotatable bonds is 5. The number of carbonyl (C=O) groups excluding carboxylic acids is 1. The summed E-state index contributed by atoms with van der Waals surface area (Å²) in [5.74, 6) is -1.85. The van der Waals surface area contributed by atoms with Crippen LogP contribution < -0.4 is 4.31 Å². The largest absolute Gasteiger partial charge is 0.289 e. The molecule has 25 heavy (non-hydrogen) atoms. The summed E-state index contributed by atoms with van der Waals surface area (Å²) in [6.07, 6.45) is 0.700. The van der Waals surface area contributed by atoms with Gasteiger partial charge in [-0.2, -0.15) is 4.31 Å². The van der Waals surface area contributed by atoms with E-state index >= 15 is 0 Å². The summed E-state index contributed by atoms with van der Waals surface area (Å²) >= 11 is 5.85. The van der Waals surface area contributed by atoms with E-state index in [-0.39, 0.29) is 15.0 Å². The average Bonchev–Trinajstić information content (AvgIpc) is 2.56. The highest BCUT2D eigenvalue weighted by molar-refractivity contribution is 7.93. The number of sulfonamides is 1. The van der Waals surface area contributed by atoms with Crippen molar-refractivity contribution in [3.8, 4) is 0 Å². The first-order chi connectivity index (χ1) is 11.7. The van der Waals surface area contributed by atoms with E-state index < -0.39 is 37.3 Å². The van der Waals surface area contributed by atoms with Crippen LogP contribution in [0.25, 0.3) is 0 Å². The van der Waals surface area contributed by atoms with E-state index in [0.29, 0.717) is 6.08 Å². The van der Waals surface area contributed by atoms with Gasteiger partial charge in [-0.25, -0.2) is 12.8 Å². The Hall–Kier alpha value is -2.78. The number of carbonyl (C=O) groups is 1. The Balaban J connectivity index is 2.76. The van der Waals surface area contributed by atoms with E-state index in [2.05, 4.69) is 6.58 Å². The first-order valence-corrected chi connectivity index (χ1v) is 8.42. The van der Waals surface area contributed by atoms with Gasteiger partial charge in [0.15, 0.2) is 4.90 Å². The third-order valence-electron chi connectivity index (χ3n) is 3.08. The Labute approximate surface area is 147 Å². The molecule has 0 aliphatic rings. The normalized spacial score (nSPS) is 11.0. The maximum absolute atomic E-state index is 13.2. The van der Waals surface area contributed by atoms with Crippen molar-refractivity contribution in [2.24, 2.45) is 0 Å². The summed E-state index contributed by atoms with van der Waals surface area (Å²) in [4.78, 5) is 21.7. The molecule has 0 aliphatic heterocycles. The number of hydrogen-bond donors (Lipinski definition) is 0. The second-order valence-corrected chi connectivity index (χ2v) is 6.79. The van der Waals surface area contributed by atoms with Crippen molar-refractivity contribution in [2.75, 3.05) is 4.31 Å². The molecule has 0 heterocycles. The molecule has 2 aromatic rings. The van der Waals surface area contributed by atoms with Crippen LogP contribution in [0.2, 0.25) is 5.02 Å². The van der Waals surface area contributed by atoms with Gasteiger partial charge in [0, 0.05) is 6.07 Å². The fourth-order valence-corrected chi connectivity index (χ4v) is 3.91. The molecule has 10 heteroatoms. The van der Waals surface area contributed by atoms with E-state index in [1.54, 1.807) is 0 Å². The summed E-state index contributed by atoms with van der Waals surface area (Å²) in [6.45, 7) is 3.21. The molecule has 0 fully saturated rings. The van der Waals surface area contributed by atoms with Crippen LogP contribution in [0.5, 0.6) is 0 Å². The lowest BCUT2D eigenvalue weighted by molar-refractivity contribution is -0.387. The number of nitro benzene ring substituents is 1. The molecular formula is C15H10ClFN2O5S. The topological polar surface area (TPSA) is 97.6 Å². The molecule has 2 aromatic carbocycles. The van der Waals surface area contributed by atoms with Crippen LogP contribution in [0.3, 0.4) is 0 Å². The van der Waals surface area contributed by atoms with E-state index in [4.69, 9.17) is 11.6 Å². The third kappa shape index (κ3) is 3.52. The third-order valence-corrected chi connectivity index (χ3v) is 5.14. The van der Waals surface area contributed by atoms with E-state index in [1.807, 2.05) is 0 Å². The van der Waals surface area contributed by atoms with Crippen LogP contribution in [0.4, 0.5) is 15.8 Å². The summed E-state index contributed by atoms with van der Waals surface area (Å²) in [5, 5.41) is 10.8. The van der Waals surface area contributed by atoms with Crippen LogP contribution >= 0.6 is 11.6 Å². The molecule has 130 valence electrons. The number of halogens is 2. The molecule has 0 atom stereocenters. The van der Waals surface area contributed by atoms with Crippen LogP contribution in [-0.2, 0) is 14.8 Å². The molecule has 7 nitrogen and oxygen atoms in total. The number of para-hydroxylation sites is 1. The minimum absolute atomic E-state index is 0.240. The van der Waals surface area contributed by atoms with Crippen molar-refractivity contribution in [1.82, 2.24) is 0 Å². The van der Waals surface area contributed by atoms with Crippen molar-refractivity contribution >= 4 is 38.9 Å². The second-order valence-electron chi connectivity index (χ2n) is 4.63. The zero-order valence-corrected chi connectivity index (χ0v) is 14.0. The zero-order valence-electron chi connectivity index (χ0n) is 12.4. The minimum atomic E-state index is -4.71. The molecule has 1 amide bonds. The summed E-state index contributed by atoms with van der Waals surface area (Å²) < 4.78 is 39.3. The maximum atomic E-state index is 13.2. The van der Waals surface area contributed by atoms with Crippen LogP contribution in [0.15, 0.2) is 60.0 Å². The fourth-order valence-electron chi connectivity index (χ4n) is 2.02. The Morgan fingerprint density at radius 2 is 1.92 bits per heavy atom. The predicted octanol–water partition coefficient (Wildman–Crippen LogP) is 3.30. The smallest absolute Gasteiger partial charge is 0.268 e. The van der Waals surface area contributed by atoms with Gasteiger partial charge in [-0.1, -0.05) is 30.3 Å². The molecule has 0 aliphatic carbocycles. The molecule has 0 unspecified atom stereocenters. The Morgan fingerprint density at radius 1 is 1.28 bits per heavy atom. The highest BCUT2D eigenvalue weighted by Crippen LogP contribution is 2.34. The Bertz CT molecular complexity index is 978. The highest BCUT2D eigenvalue weighted by atomic mass is 35.5. The van der Waals surface area contributed by atoms with Crippen LogP contribution in [-0.4, -0.2) is 19.2 Å². The standard InChI is InChI=1S/C15H10ClFN2O5S/c1-2-15(20)18(12-8-7-10(17)9-11(12)16)25(23,24)14-6-4-3-5-13(14)19(21)22/h2-9H,1H2. The molecule has 0 saturated carbocycles. The lowest BCUT2D eigenvalue weighted by Gasteiger charge is -2.22. The predicted molar refractivity (Wildman–Crippen MR) is 89.4 cm³/mol. The Morgan fingerprint density at radius 3 is 2.48 bits per heavy atom. The van der Waals surface area contributed by atoms with Gasteiger partial charge in [-0.15, -0.1) is 0 Å². The van der Waals surface area contributed by atoms with E-state index in [1.165, 1.54) is 12.1 Å². The van der Waals surface area contributed by atoms with Crippen LogP contribution in [0, 0.1) is 15.9 Å². The fraction of sp³-hybridized carbons (Fsp3) is 0. The SMILES string of the molecule is C=CC(=O)N(c1ccc(F)cc1Cl)S(=O)(=O)c1ccccc1[N+](=O)[O-]. The molecule has 0 saturated heterocycles. The molecule has 0 aromatic heterocycles. The summed E-state index contributed by atoms with van der Waals surface area (Å²) in [7, 11) is -4.71. The number of amides is 1. The number of benzene rings is 2. The minimum Gasteiger partial charge on any atom is -0.268 e. The van der Waals surface area contributed by atoms with Crippen LogP contribution in [0.1, 0.15) is 0 Å². The maximum Gasteiger partial charge on any atom is 0.289 e. The number of nitrogens with zero attached hydrogens (tertiary/aromatic N) is 2. The summed E-state index contributed by atoms with van der Waals surface area (Å²) in [6, 6.07) is 7.20. The van der Waals surface area contributed by atoms with E-state index in [9.17, 15) is 27.7 Å². The van der Waals surface area contributed by atoms with Gasteiger partial charge in [-0.3, -0.25) is 14.9 Å². The van der Waals surface area contributed by atoms with Gasteiger partial charge in [-0.05, 0) is 30.3 Å². The Kier molecular flexibility index (Phi) is 5.19. The van der Waals surface area contributed by atoms with Gasteiger partial charge >= 0.3 is 0 Å². The molecule has 0 radical (unpaired) electrons. The number of anilines is 1. The molecule has 2 rings (SSSR count). The molecule has 0 bridgehead atoms. The molecular weight excluding hydrogens is 375 g/mol. The average molecular weight is 385 g/mol. The molecule has 0 spiro atoms. The second kappa shape index (κ2) is 6.99. The molecule has 0 N–H and O–H groups in total. The van der Waals surface area contributed by atoms with Gasteiger partial charge in [0.25, 0.3) is 21.6 Å².